The Balaban J connectivity index is 2.06. The van der Waals surface area contributed by atoms with Crippen LogP contribution in [0.3, 0.4) is 0 Å². The Morgan fingerprint density at radius 2 is 2.14 bits per heavy atom. The molecular weight excluding hydrogens is 266 g/mol. The van der Waals surface area contributed by atoms with Crippen molar-refractivity contribution in [3.05, 3.63) is 11.4 Å². The summed E-state index contributed by atoms with van der Waals surface area (Å²) in [4.78, 5) is 12.4. The molecule has 0 aliphatic carbocycles. The molecule has 1 aliphatic rings. The van der Waals surface area contributed by atoms with Crippen molar-refractivity contribution in [3.8, 4) is 0 Å². The highest BCUT2D eigenvalue weighted by Gasteiger charge is 2.23. The molecule has 0 aromatic carbocycles. The van der Waals surface area contributed by atoms with E-state index in [2.05, 4.69) is 34.8 Å². The van der Waals surface area contributed by atoms with Gasteiger partial charge in [-0.15, -0.1) is 5.10 Å². The van der Waals surface area contributed by atoms with Crippen LogP contribution < -0.4 is 10.6 Å². The summed E-state index contributed by atoms with van der Waals surface area (Å²) < 4.78 is 1.93. The number of hydrogen-bond acceptors (Lipinski definition) is 4. The first-order valence-corrected chi connectivity index (χ1v) is 8.10. The van der Waals surface area contributed by atoms with Gasteiger partial charge in [0.1, 0.15) is 0 Å². The maximum atomic E-state index is 12.4. The minimum Gasteiger partial charge on any atom is -0.348 e. The van der Waals surface area contributed by atoms with Crippen LogP contribution in [0.2, 0.25) is 0 Å². The molecule has 1 saturated heterocycles. The van der Waals surface area contributed by atoms with Gasteiger partial charge in [0.15, 0.2) is 5.69 Å². The number of nitrogens with one attached hydrogen (secondary N) is 2. The summed E-state index contributed by atoms with van der Waals surface area (Å²) in [5, 5.41) is 14.8. The van der Waals surface area contributed by atoms with E-state index in [0.717, 1.165) is 50.9 Å². The van der Waals surface area contributed by atoms with Crippen LogP contribution in [-0.2, 0) is 0 Å². The van der Waals surface area contributed by atoms with Gasteiger partial charge in [0, 0.05) is 6.04 Å². The minimum atomic E-state index is -0.0898. The van der Waals surface area contributed by atoms with Gasteiger partial charge in [-0.3, -0.25) is 4.79 Å². The second-order valence-corrected chi connectivity index (χ2v) is 5.82. The first kappa shape index (κ1) is 15.9. The van der Waals surface area contributed by atoms with E-state index in [1.807, 2.05) is 11.6 Å². The normalized spacial score (nSPS) is 17.7. The molecule has 1 amide bonds. The van der Waals surface area contributed by atoms with Gasteiger partial charge in [0.25, 0.3) is 5.91 Å². The molecule has 0 saturated carbocycles. The standard InChI is InChI=1S/C15H27N5O/c1-4-6-12(5-2)17-15(21)14-11(3)20(19-18-14)13-7-9-16-10-8-13/h12-13,16H,4-10H2,1-3H3,(H,17,21). The van der Waals surface area contributed by atoms with Gasteiger partial charge in [-0.1, -0.05) is 25.5 Å². The van der Waals surface area contributed by atoms with Gasteiger partial charge in [-0.2, -0.15) is 0 Å². The molecule has 0 spiro atoms. The van der Waals surface area contributed by atoms with E-state index in [1.54, 1.807) is 0 Å². The number of aromatic nitrogens is 3. The average molecular weight is 293 g/mol. The summed E-state index contributed by atoms with van der Waals surface area (Å²) in [6.07, 6.45) is 5.10. The van der Waals surface area contributed by atoms with Crippen molar-refractivity contribution in [1.82, 2.24) is 25.6 Å². The zero-order chi connectivity index (χ0) is 15.2. The van der Waals surface area contributed by atoms with E-state index in [1.165, 1.54) is 0 Å². The molecule has 1 aliphatic heterocycles. The van der Waals surface area contributed by atoms with Crippen LogP contribution in [0.25, 0.3) is 0 Å². The number of rotatable bonds is 6. The Kier molecular flexibility index (Phi) is 5.73. The molecule has 1 aromatic heterocycles. The summed E-state index contributed by atoms with van der Waals surface area (Å²) in [5.41, 5.74) is 1.36. The van der Waals surface area contributed by atoms with Crippen LogP contribution in [0.4, 0.5) is 0 Å². The summed E-state index contributed by atoms with van der Waals surface area (Å²) in [7, 11) is 0. The van der Waals surface area contributed by atoms with Gasteiger partial charge in [0.2, 0.25) is 0 Å². The Labute approximate surface area is 126 Å². The monoisotopic (exact) mass is 293 g/mol. The van der Waals surface area contributed by atoms with Crippen molar-refractivity contribution in [2.24, 2.45) is 0 Å². The first-order valence-electron chi connectivity index (χ1n) is 8.10. The van der Waals surface area contributed by atoms with E-state index in [0.29, 0.717) is 11.7 Å². The highest BCUT2D eigenvalue weighted by atomic mass is 16.2. The summed E-state index contributed by atoms with van der Waals surface area (Å²) in [6, 6.07) is 0.587. The lowest BCUT2D eigenvalue weighted by molar-refractivity contribution is 0.0928. The van der Waals surface area contributed by atoms with E-state index in [4.69, 9.17) is 0 Å². The molecule has 2 rings (SSSR count). The summed E-state index contributed by atoms with van der Waals surface area (Å²) in [6.45, 7) is 8.17. The highest BCUT2D eigenvalue weighted by Crippen LogP contribution is 2.20. The predicted octanol–water partition coefficient (Wildman–Crippen LogP) is 1.82. The van der Waals surface area contributed by atoms with E-state index < -0.39 is 0 Å². The molecule has 118 valence electrons. The molecule has 6 nitrogen and oxygen atoms in total. The van der Waals surface area contributed by atoms with Gasteiger partial charge < -0.3 is 10.6 Å². The first-order chi connectivity index (χ1) is 10.2. The van der Waals surface area contributed by atoms with Crippen LogP contribution in [0.5, 0.6) is 0 Å². The van der Waals surface area contributed by atoms with Crippen LogP contribution >= 0.6 is 0 Å². The quantitative estimate of drug-likeness (QED) is 0.839. The number of piperidine rings is 1. The van der Waals surface area contributed by atoms with Crippen LogP contribution in [0.15, 0.2) is 0 Å². The van der Waals surface area contributed by atoms with Crippen molar-refractivity contribution in [2.75, 3.05) is 13.1 Å². The lowest BCUT2D eigenvalue weighted by atomic mass is 10.1. The second-order valence-electron chi connectivity index (χ2n) is 5.82. The van der Waals surface area contributed by atoms with Crippen LogP contribution in [-0.4, -0.2) is 40.0 Å². The SMILES string of the molecule is CCCC(CC)NC(=O)c1nnn(C2CCNCC2)c1C. The lowest BCUT2D eigenvalue weighted by Crippen LogP contribution is -2.35. The zero-order valence-corrected chi connectivity index (χ0v) is 13.4. The fraction of sp³-hybridized carbons (Fsp3) is 0.800. The number of carbonyl (C=O) groups is 1. The Bertz CT molecular complexity index is 465. The van der Waals surface area contributed by atoms with Gasteiger partial charge in [-0.25, -0.2) is 4.68 Å². The molecule has 1 fully saturated rings. The number of amides is 1. The minimum absolute atomic E-state index is 0.0898. The lowest BCUT2D eigenvalue weighted by Gasteiger charge is -2.23. The highest BCUT2D eigenvalue weighted by molar-refractivity contribution is 5.93. The van der Waals surface area contributed by atoms with Crippen molar-refractivity contribution in [1.29, 1.82) is 0 Å². The van der Waals surface area contributed by atoms with E-state index >= 15 is 0 Å². The molecule has 6 heteroatoms. The third kappa shape index (κ3) is 3.81. The molecule has 1 atom stereocenters. The van der Waals surface area contributed by atoms with Crippen LogP contribution in [0, 0.1) is 6.92 Å². The molecule has 0 bridgehead atoms. The fourth-order valence-electron chi connectivity index (χ4n) is 2.93. The third-order valence-electron chi connectivity index (χ3n) is 4.26. The molecule has 21 heavy (non-hydrogen) atoms. The van der Waals surface area contributed by atoms with Crippen molar-refractivity contribution < 1.29 is 4.79 Å². The van der Waals surface area contributed by atoms with Crippen molar-refractivity contribution >= 4 is 5.91 Å². The topological polar surface area (TPSA) is 71.8 Å². The number of carbonyl (C=O) groups excluding carboxylic acids is 1. The van der Waals surface area contributed by atoms with Crippen LogP contribution in [0.1, 0.15) is 68.2 Å². The smallest absolute Gasteiger partial charge is 0.273 e. The van der Waals surface area contributed by atoms with E-state index in [9.17, 15) is 4.79 Å². The molecule has 2 heterocycles. The Morgan fingerprint density at radius 3 is 2.76 bits per heavy atom. The Morgan fingerprint density at radius 1 is 1.43 bits per heavy atom. The van der Waals surface area contributed by atoms with Gasteiger partial charge in [0.05, 0.1) is 11.7 Å². The molecule has 1 aromatic rings. The van der Waals surface area contributed by atoms with Gasteiger partial charge in [-0.05, 0) is 45.7 Å². The molecule has 2 N–H and O–H groups in total. The zero-order valence-electron chi connectivity index (χ0n) is 13.4. The molecule has 0 radical (unpaired) electrons. The predicted molar refractivity (Wildman–Crippen MR) is 82.4 cm³/mol. The second kappa shape index (κ2) is 7.54. The summed E-state index contributed by atoms with van der Waals surface area (Å²) >= 11 is 0. The molecule has 1 unspecified atom stereocenters. The Hall–Kier alpha value is -1.43. The largest absolute Gasteiger partial charge is 0.348 e. The average Bonchev–Trinajstić information content (AvgIpc) is 2.89. The van der Waals surface area contributed by atoms with Gasteiger partial charge >= 0.3 is 0 Å². The molecular formula is C15H27N5O. The number of hydrogen-bond donors (Lipinski definition) is 2. The number of nitrogens with zero attached hydrogens (tertiary/aromatic N) is 3. The van der Waals surface area contributed by atoms with Crippen molar-refractivity contribution in [3.63, 3.8) is 0 Å². The summed E-state index contributed by atoms with van der Waals surface area (Å²) in [5.74, 6) is -0.0898. The van der Waals surface area contributed by atoms with E-state index in [-0.39, 0.29) is 11.9 Å². The third-order valence-corrected chi connectivity index (χ3v) is 4.26. The fourth-order valence-corrected chi connectivity index (χ4v) is 2.93. The van der Waals surface area contributed by atoms with Crippen molar-refractivity contribution in [2.45, 2.75) is 65.0 Å². The maximum absolute atomic E-state index is 12.4. The maximum Gasteiger partial charge on any atom is 0.273 e.